The van der Waals surface area contributed by atoms with Crippen molar-refractivity contribution in [2.24, 2.45) is 0 Å². The van der Waals surface area contributed by atoms with Crippen LogP contribution in [0.15, 0.2) is 35.1 Å². The molecule has 3 rings (SSSR count). The lowest BCUT2D eigenvalue weighted by molar-refractivity contribution is -0.790. The smallest absolute Gasteiger partial charge is 0.410 e. The van der Waals surface area contributed by atoms with Crippen molar-refractivity contribution in [1.82, 2.24) is 9.80 Å². The van der Waals surface area contributed by atoms with Crippen molar-refractivity contribution in [1.29, 1.82) is 0 Å². The molecule has 3 aliphatic rings. The molecule has 0 aromatic carbocycles. The molecular weight excluding hydrogens is 390 g/mol. The zero-order chi connectivity index (χ0) is 21.4. The molecule has 1 saturated heterocycles. The highest BCUT2D eigenvalue weighted by molar-refractivity contribution is 7.85. The van der Waals surface area contributed by atoms with Crippen LogP contribution in [0.1, 0.15) is 33.6 Å². The van der Waals surface area contributed by atoms with Gasteiger partial charge in [-0.1, -0.05) is 18.2 Å². The highest BCUT2D eigenvalue weighted by Crippen LogP contribution is 2.32. The van der Waals surface area contributed by atoms with Gasteiger partial charge in [-0.15, -0.1) is 0 Å². The quantitative estimate of drug-likeness (QED) is 0.637. The molecule has 0 unspecified atom stereocenters. The van der Waals surface area contributed by atoms with Crippen LogP contribution < -0.4 is 0 Å². The second-order valence-electron chi connectivity index (χ2n) is 9.35. The van der Waals surface area contributed by atoms with Crippen LogP contribution in [-0.4, -0.2) is 86.4 Å². The van der Waals surface area contributed by atoms with Gasteiger partial charge < -0.3 is 14.5 Å². The van der Waals surface area contributed by atoms with E-state index in [0.29, 0.717) is 39.3 Å². The van der Waals surface area contributed by atoms with E-state index in [1.807, 2.05) is 20.8 Å². The molecule has 0 saturated carbocycles. The van der Waals surface area contributed by atoms with E-state index in [2.05, 4.69) is 23.1 Å². The summed E-state index contributed by atoms with van der Waals surface area (Å²) in [5.74, 6) is 0. The zero-order valence-corrected chi connectivity index (χ0v) is 19.1. The maximum atomic E-state index is 12.5. The molecule has 2 heterocycles. The first-order chi connectivity index (χ1) is 13.4. The fourth-order valence-electron chi connectivity index (χ4n) is 4.01. The minimum Gasteiger partial charge on any atom is -0.444 e. The number of quaternary nitrogens is 1. The largest absolute Gasteiger partial charge is 0.444 e. The Balaban J connectivity index is 1.75. The Bertz CT molecular complexity index is 857. The number of sulfonamides is 1. The lowest BCUT2D eigenvalue weighted by Crippen LogP contribution is -2.59. The number of hydrogen-bond acceptors (Lipinski definition) is 5. The third-order valence-electron chi connectivity index (χ3n) is 5.93. The maximum Gasteiger partial charge on any atom is 0.410 e. The third kappa shape index (κ3) is 4.86. The molecule has 0 radical (unpaired) electrons. The molecular formula is C21H34N3O4S+. The number of nitrogens with zero attached hydrogens (tertiary/aromatic N) is 3. The van der Waals surface area contributed by atoms with Crippen molar-refractivity contribution in [3.05, 3.63) is 35.1 Å². The summed E-state index contributed by atoms with van der Waals surface area (Å²) in [6, 6.07) is 0. The van der Waals surface area contributed by atoms with Gasteiger partial charge in [-0.25, -0.2) is 8.68 Å². The second kappa shape index (κ2) is 7.80. The van der Waals surface area contributed by atoms with Crippen LogP contribution in [0.5, 0.6) is 0 Å². The van der Waals surface area contributed by atoms with Crippen LogP contribution in [-0.2, 0) is 14.8 Å². The molecule has 8 heteroatoms. The summed E-state index contributed by atoms with van der Waals surface area (Å²) in [4.78, 5) is 16.6. The van der Waals surface area contributed by atoms with Crippen molar-refractivity contribution in [3.63, 3.8) is 0 Å². The van der Waals surface area contributed by atoms with Crippen LogP contribution in [0.25, 0.3) is 0 Å². The fourth-order valence-corrected chi connectivity index (χ4v) is 4.84. The lowest BCUT2D eigenvalue weighted by atomic mass is 9.96. The van der Waals surface area contributed by atoms with E-state index in [4.69, 9.17) is 4.74 Å². The predicted molar refractivity (Wildman–Crippen MR) is 114 cm³/mol. The number of likely N-dealkylation sites (N-methyl/N-ethyl adjacent to an activating group) is 1. The Morgan fingerprint density at radius 3 is 2.41 bits per heavy atom. The molecule has 0 aromatic rings. The molecule has 0 bridgehead atoms. The van der Waals surface area contributed by atoms with Crippen LogP contribution >= 0.6 is 0 Å². The van der Waals surface area contributed by atoms with Gasteiger partial charge in [0.15, 0.2) is 0 Å². The summed E-state index contributed by atoms with van der Waals surface area (Å²) in [5.41, 5.74) is 3.12. The Morgan fingerprint density at radius 1 is 1.17 bits per heavy atom. The van der Waals surface area contributed by atoms with E-state index < -0.39 is 15.6 Å². The van der Waals surface area contributed by atoms with E-state index in [9.17, 15) is 13.2 Å². The first kappa shape index (κ1) is 21.9. The summed E-state index contributed by atoms with van der Waals surface area (Å²) in [7, 11) is -1.33. The minimum absolute atomic E-state index is 0.0906. The van der Waals surface area contributed by atoms with Crippen molar-refractivity contribution in [2.45, 2.75) is 39.2 Å². The molecule has 1 amide bonds. The number of ether oxygens (including phenoxy) is 1. The van der Waals surface area contributed by atoms with Crippen LogP contribution in [0.2, 0.25) is 0 Å². The van der Waals surface area contributed by atoms with Gasteiger partial charge in [-0.2, -0.15) is 8.42 Å². The number of piperazine rings is 1. The monoisotopic (exact) mass is 424 g/mol. The number of carbonyl (C=O) groups is 1. The molecule has 1 fully saturated rings. The summed E-state index contributed by atoms with van der Waals surface area (Å²) >= 11 is 0. The van der Waals surface area contributed by atoms with Crippen molar-refractivity contribution >= 4 is 16.1 Å². The normalized spacial score (nSPS) is 22.7. The average molecular weight is 425 g/mol. The number of hydrogen-bond donors (Lipinski definition) is 0. The Labute approximate surface area is 174 Å². The summed E-state index contributed by atoms with van der Waals surface area (Å²) in [5, 5.41) is 0. The van der Waals surface area contributed by atoms with Crippen LogP contribution in [0.3, 0.4) is 0 Å². The number of rotatable bonds is 2. The van der Waals surface area contributed by atoms with Gasteiger partial charge >= 0.3 is 6.09 Å². The topological polar surface area (TPSA) is 66.9 Å². The van der Waals surface area contributed by atoms with E-state index in [-0.39, 0.29) is 9.98 Å². The molecule has 29 heavy (non-hydrogen) atoms. The van der Waals surface area contributed by atoms with Gasteiger partial charge in [0.05, 0.1) is 26.4 Å². The van der Waals surface area contributed by atoms with Gasteiger partial charge in [-0.3, -0.25) is 0 Å². The SMILES string of the molecule is CC(C)(C)OC(=O)N1CCC2=C(C=CCC=C2N2CC[N+](C)(S(C)(=O)=O)CC2)C1. The Hall–Kier alpha value is -1.80. The van der Waals surface area contributed by atoms with Gasteiger partial charge in [-0.05, 0) is 44.8 Å². The zero-order valence-electron chi connectivity index (χ0n) is 18.3. The highest BCUT2D eigenvalue weighted by Gasteiger charge is 2.39. The van der Waals surface area contributed by atoms with Gasteiger partial charge in [0.1, 0.15) is 18.7 Å². The molecule has 0 aromatic heterocycles. The standard InChI is InChI=1S/C21H34N3O4S/c1-21(2,3)28-20(25)23-11-10-18-17(16-23)8-6-7-9-19(18)22-12-14-24(4,15-13-22)29(5,26)27/h6,8-9H,7,10-16H2,1-5H3/q+1. The van der Waals surface area contributed by atoms with Crippen molar-refractivity contribution in [2.75, 3.05) is 52.6 Å². The highest BCUT2D eigenvalue weighted by atomic mass is 32.2. The van der Waals surface area contributed by atoms with Crippen LogP contribution in [0.4, 0.5) is 4.79 Å². The Kier molecular flexibility index (Phi) is 5.89. The molecule has 2 aliphatic heterocycles. The van der Waals surface area contributed by atoms with Crippen molar-refractivity contribution in [3.8, 4) is 0 Å². The van der Waals surface area contributed by atoms with Crippen LogP contribution in [0, 0.1) is 0 Å². The first-order valence-electron chi connectivity index (χ1n) is 10.3. The summed E-state index contributed by atoms with van der Waals surface area (Å²) in [6.45, 7) is 9.39. The fraction of sp³-hybridized carbons (Fsp3) is 0.667. The predicted octanol–water partition coefficient (Wildman–Crippen LogP) is 2.49. The van der Waals surface area contributed by atoms with Gasteiger partial charge in [0, 0.05) is 18.8 Å². The van der Waals surface area contributed by atoms with Gasteiger partial charge in [0.2, 0.25) is 0 Å². The van der Waals surface area contributed by atoms with E-state index >= 15 is 0 Å². The molecule has 0 N–H and O–H groups in total. The molecule has 0 spiro atoms. The van der Waals surface area contributed by atoms with Gasteiger partial charge in [0.25, 0.3) is 10.0 Å². The van der Waals surface area contributed by atoms with E-state index in [1.165, 1.54) is 17.5 Å². The summed E-state index contributed by atoms with van der Waals surface area (Å²) < 4.78 is 29.9. The second-order valence-corrected chi connectivity index (χ2v) is 11.7. The maximum absolute atomic E-state index is 12.5. The number of allylic oxidation sites excluding steroid dienone is 3. The molecule has 162 valence electrons. The molecule has 7 nitrogen and oxygen atoms in total. The van der Waals surface area contributed by atoms with E-state index in [1.54, 1.807) is 11.9 Å². The average Bonchev–Trinajstić information content (AvgIpc) is 2.82. The number of amides is 1. The molecule has 1 aliphatic carbocycles. The summed E-state index contributed by atoms with van der Waals surface area (Å²) in [6.07, 6.45) is 9.15. The number of carbonyl (C=O) groups excluding carboxylic acids is 1. The van der Waals surface area contributed by atoms with Crippen molar-refractivity contribution < 1.29 is 21.8 Å². The third-order valence-corrected chi connectivity index (χ3v) is 7.90. The minimum atomic E-state index is -3.13. The van der Waals surface area contributed by atoms with E-state index in [0.717, 1.165) is 18.4 Å². The Morgan fingerprint density at radius 2 is 1.83 bits per heavy atom. The first-order valence-corrected chi connectivity index (χ1v) is 12.1. The molecule has 0 atom stereocenters. The lowest BCUT2D eigenvalue weighted by Gasteiger charge is -2.42.